The fourth-order valence-corrected chi connectivity index (χ4v) is 1.39. The van der Waals surface area contributed by atoms with E-state index in [1.165, 1.54) is 0 Å². The predicted octanol–water partition coefficient (Wildman–Crippen LogP) is -0.138. The summed E-state index contributed by atoms with van der Waals surface area (Å²) in [4.78, 5) is 17.4. The normalized spacial score (nSPS) is 19.0. The molecule has 0 saturated carbocycles. The van der Waals surface area contributed by atoms with Crippen LogP contribution in [0.15, 0.2) is 20.0 Å². The van der Waals surface area contributed by atoms with Crippen LogP contribution in [0.4, 0.5) is 0 Å². The molecule has 0 atom stereocenters. The molecule has 0 bridgehead atoms. The first-order chi connectivity index (χ1) is 9.58. The molecule has 1 heterocycles. The second kappa shape index (κ2) is 8.89. The van der Waals surface area contributed by atoms with Crippen molar-refractivity contribution in [1.82, 2.24) is 21.7 Å². The molecule has 1 aliphatic rings. The van der Waals surface area contributed by atoms with E-state index in [1.807, 2.05) is 27.7 Å². The van der Waals surface area contributed by atoms with Crippen LogP contribution in [0, 0.1) is 0 Å². The smallest absolute Gasteiger partial charge is 0.112 e. The summed E-state index contributed by atoms with van der Waals surface area (Å²) in [6, 6.07) is 0. The zero-order valence-electron chi connectivity index (χ0n) is 12.6. The molecule has 4 N–H and O–H groups in total. The molecule has 8 nitrogen and oxygen atoms in total. The topological polar surface area (TPSA) is 97.6 Å². The highest BCUT2D eigenvalue weighted by Gasteiger charge is 1.94. The van der Waals surface area contributed by atoms with E-state index in [-0.39, 0.29) is 0 Å². The molecule has 0 aliphatic carbocycles. The van der Waals surface area contributed by atoms with Gasteiger partial charge in [-0.15, -0.1) is 0 Å². The Morgan fingerprint density at radius 1 is 0.500 bits per heavy atom. The van der Waals surface area contributed by atoms with Gasteiger partial charge in [0.05, 0.1) is 26.2 Å². The number of hydrogen-bond acceptors (Lipinski definition) is 8. The predicted molar refractivity (Wildman–Crippen MR) is 84.4 cm³/mol. The minimum absolute atomic E-state index is 0.628. The van der Waals surface area contributed by atoms with Gasteiger partial charge in [0, 0.05) is 0 Å². The Morgan fingerprint density at radius 2 is 0.700 bits per heavy atom. The maximum atomic E-state index is 4.35. The average Bonchev–Trinajstić information content (AvgIpc) is 2.42. The number of amidine groups is 4. The van der Waals surface area contributed by atoms with E-state index in [4.69, 9.17) is 0 Å². The number of hydrogen-bond donors (Lipinski definition) is 4. The standard InChI is InChI=1S/C12H24N8/c1-9-13-5-6-14-11(3)19-20-12(4)16-8-7-15-10(2)18-17-9/h5-8H2,1-4H3,(H,13,17)(H,15,18)(H,14,19)(H,16,20). The first-order valence-electron chi connectivity index (χ1n) is 6.66. The minimum atomic E-state index is 0.628. The van der Waals surface area contributed by atoms with Gasteiger partial charge in [-0.25, -0.2) is 0 Å². The Balaban J connectivity index is 2.65. The monoisotopic (exact) mass is 280 g/mol. The molecule has 0 amide bonds. The number of rotatable bonds is 0. The van der Waals surface area contributed by atoms with Gasteiger partial charge < -0.3 is 0 Å². The van der Waals surface area contributed by atoms with E-state index in [9.17, 15) is 0 Å². The largest absolute Gasteiger partial charge is 0.287 e. The zero-order valence-corrected chi connectivity index (χ0v) is 12.6. The van der Waals surface area contributed by atoms with Gasteiger partial charge in [0.15, 0.2) is 0 Å². The molecule has 0 aromatic heterocycles. The highest BCUT2D eigenvalue weighted by atomic mass is 15.4. The summed E-state index contributed by atoms with van der Waals surface area (Å²) in [5, 5.41) is 0. The maximum Gasteiger partial charge on any atom is 0.112 e. The van der Waals surface area contributed by atoms with Crippen molar-refractivity contribution in [3.63, 3.8) is 0 Å². The molecule has 0 aromatic rings. The lowest BCUT2D eigenvalue weighted by Crippen LogP contribution is -2.40. The van der Waals surface area contributed by atoms with Gasteiger partial charge in [-0.3, -0.25) is 41.7 Å². The van der Waals surface area contributed by atoms with E-state index in [0.717, 1.165) is 23.3 Å². The molecule has 20 heavy (non-hydrogen) atoms. The Hall–Kier alpha value is -2.12. The van der Waals surface area contributed by atoms with Crippen LogP contribution in [0.25, 0.3) is 0 Å². The fraction of sp³-hybridized carbons (Fsp3) is 0.667. The molecule has 8 heteroatoms. The quantitative estimate of drug-likeness (QED) is 0.496. The van der Waals surface area contributed by atoms with E-state index in [2.05, 4.69) is 41.7 Å². The van der Waals surface area contributed by atoms with Crippen molar-refractivity contribution < 1.29 is 0 Å². The van der Waals surface area contributed by atoms with E-state index in [1.54, 1.807) is 0 Å². The van der Waals surface area contributed by atoms with Crippen LogP contribution in [0.2, 0.25) is 0 Å². The van der Waals surface area contributed by atoms with Crippen LogP contribution in [-0.2, 0) is 0 Å². The maximum absolute atomic E-state index is 4.35. The van der Waals surface area contributed by atoms with Crippen LogP contribution in [0.5, 0.6) is 0 Å². The number of hydrazine groups is 2. The molecule has 1 rings (SSSR count). The summed E-state index contributed by atoms with van der Waals surface area (Å²) in [5.41, 5.74) is 12.0. The lowest BCUT2D eigenvalue weighted by atomic mass is 10.5. The summed E-state index contributed by atoms with van der Waals surface area (Å²) in [6.07, 6.45) is 0. The molecular weight excluding hydrogens is 256 g/mol. The SMILES string of the molecule is CC1=NCCN=C(C)NNC(C)=NCCN=C(C)NN1. The van der Waals surface area contributed by atoms with Crippen LogP contribution < -0.4 is 21.7 Å². The lowest BCUT2D eigenvalue weighted by Gasteiger charge is -2.10. The average molecular weight is 280 g/mol. The van der Waals surface area contributed by atoms with Crippen LogP contribution >= 0.6 is 0 Å². The Labute approximate surface area is 119 Å². The van der Waals surface area contributed by atoms with Gasteiger partial charge in [0.25, 0.3) is 0 Å². The third-order valence-corrected chi connectivity index (χ3v) is 2.44. The van der Waals surface area contributed by atoms with Crippen molar-refractivity contribution in [2.45, 2.75) is 27.7 Å². The summed E-state index contributed by atoms with van der Waals surface area (Å²) in [6.45, 7) is 10.1. The van der Waals surface area contributed by atoms with Crippen molar-refractivity contribution in [2.75, 3.05) is 26.2 Å². The van der Waals surface area contributed by atoms with Crippen molar-refractivity contribution >= 4 is 23.3 Å². The molecule has 0 radical (unpaired) electrons. The summed E-state index contributed by atoms with van der Waals surface area (Å²) >= 11 is 0. The molecule has 0 fully saturated rings. The summed E-state index contributed by atoms with van der Waals surface area (Å²) in [5.74, 6) is 3.22. The highest BCUT2D eigenvalue weighted by molar-refractivity contribution is 5.86. The van der Waals surface area contributed by atoms with Crippen molar-refractivity contribution in [3.05, 3.63) is 0 Å². The molecular formula is C12H24N8. The molecule has 1 aliphatic heterocycles. The Kier molecular flexibility index (Phi) is 7.08. The minimum Gasteiger partial charge on any atom is -0.287 e. The molecule has 0 unspecified atom stereocenters. The van der Waals surface area contributed by atoms with Crippen LogP contribution in [0.1, 0.15) is 27.7 Å². The zero-order chi connectivity index (χ0) is 14.8. The van der Waals surface area contributed by atoms with Gasteiger partial charge in [-0.1, -0.05) is 0 Å². The van der Waals surface area contributed by atoms with Crippen molar-refractivity contribution in [2.24, 2.45) is 20.0 Å². The Morgan fingerprint density at radius 3 is 0.900 bits per heavy atom. The number of aliphatic imine (C=N–C) groups is 4. The molecule has 112 valence electrons. The first-order valence-corrected chi connectivity index (χ1v) is 6.66. The second-order valence-electron chi connectivity index (χ2n) is 4.37. The van der Waals surface area contributed by atoms with Gasteiger partial charge in [0.2, 0.25) is 0 Å². The van der Waals surface area contributed by atoms with Crippen molar-refractivity contribution in [1.29, 1.82) is 0 Å². The molecule has 0 saturated heterocycles. The summed E-state index contributed by atoms with van der Waals surface area (Å²) < 4.78 is 0. The van der Waals surface area contributed by atoms with Crippen LogP contribution in [0.3, 0.4) is 0 Å². The second-order valence-corrected chi connectivity index (χ2v) is 4.37. The third kappa shape index (κ3) is 7.34. The van der Waals surface area contributed by atoms with Gasteiger partial charge in [0.1, 0.15) is 23.3 Å². The summed E-state index contributed by atoms with van der Waals surface area (Å²) in [7, 11) is 0. The van der Waals surface area contributed by atoms with Crippen molar-refractivity contribution in [3.8, 4) is 0 Å². The molecule has 0 aromatic carbocycles. The Bertz CT molecular complexity index is 341. The van der Waals surface area contributed by atoms with Crippen LogP contribution in [-0.4, -0.2) is 49.5 Å². The third-order valence-electron chi connectivity index (χ3n) is 2.44. The first kappa shape index (κ1) is 15.9. The lowest BCUT2D eigenvalue weighted by molar-refractivity contribution is 0.807. The van der Waals surface area contributed by atoms with Gasteiger partial charge in [-0.2, -0.15) is 0 Å². The number of nitrogens with zero attached hydrogens (tertiary/aromatic N) is 4. The van der Waals surface area contributed by atoms with E-state index in [0.29, 0.717) is 26.2 Å². The fourth-order valence-electron chi connectivity index (χ4n) is 1.39. The van der Waals surface area contributed by atoms with Gasteiger partial charge >= 0.3 is 0 Å². The molecule has 0 spiro atoms. The van der Waals surface area contributed by atoms with E-state index >= 15 is 0 Å². The van der Waals surface area contributed by atoms with E-state index < -0.39 is 0 Å². The highest BCUT2D eigenvalue weighted by Crippen LogP contribution is 1.81. The number of nitrogens with one attached hydrogen (secondary N) is 4. The van der Waals surface area contributed by atoms with Gasteiger partial charge in [-0.05, 0) is 27.7 Å².